The molecule has 4 atom stereocenters. The molecule has 4 aromatic rings. The van der Waals surface area contributed by atoms with E-state index in [1.165, 1.54) is 0 Å². The first-order valence-corrected chi connectivity index (χ1v) is 20.1. The van der Waals surface area contributed by atoms with Crippen LogP contribution in [0.2, 0.25) is 0 Å². The lowest BCUT2D eigenvalue weighted by atomic mass is 9.84. The van der Waals surface area contributed by atoms with Crippen LogP contribution >= 0.6 is 0 Å². The lowest BCUT2D eigenvalue weighted by Crippen LogP contribution is -2.58. The van der Waals surface area contributed by atoms with E-state index in [1.54, 1.807) is 54.1 Å². The molecule has 0 spiro atoms. The van der Waals surface area contributed by atoms with Gasteiger partial charge in [-0.3, -0.25) is 14.6 Å². The molecule has 3 aromatic carbocycles. The van der Waals surface area contributed by atoms with Gasteiger partial charge in [-0.2, -0.15) is 0 Å². The minimum Gasteiger partial charge on any atom is -0.508 e. The van der Waals surface area contributed by atoms with Crippen LogP contribution in [0.25, 0.3) is 11.3 Å². The summed E-state index contributed by atoms with van der Waals surface area (Å²) >= 11 is 0. The Bertz CT molecular complexity index is 2000. The molecular formula is C46H58N6O7. The number of nitrogens with zero attached hydrogens (tertiary/aromatic N) is 3. The number of hydrogen-bond acceptors (Lipinski definition) is 7. The summed E-state index contributed by atoms with van der Waals surface area (Å²) in [5.41, 5.74) is 3.05. The molecule has 1 fully saturated rings. The van der Waals surface area contributed by atoms with Crippen molar-refractivity contribution in [3.8, 4) is 17.0 Å². The summed E-state index contributed by atoms with van der Waals surface area (Å²) in [5.74, 6) is -0.556. The molecule has 314 valence electrons. The number of pyridine rings is 1. The van der Waals surface area contributed by atoms with Crippen molar-refractivity contribution in [3.05, 3.63) is 120 Å². The fourth-order valence-corrected chi connectivity index (χ4v) is 7.59. The van der Waals surface area contributed by atoms with Crippen LogP contribution in [0.1, 0.15) is 64.2 Å². The number of aliphatic hydroxyl groups excluding tert-OH is 1. The van der Waals surface area contributed by atoms with Crippen molar-refractivity contribution in [2.45, 2.75) is 91.1 Å². The normalized spacial score (nSPS) is 15.3. The van der Waals surface area contributed by atoms with Gasteiger partial charge in [0.2, 0.25) is 11.8 Å². The summed E-state index contributed by atoms with van der Waals surface area (Å²) in [7, 11) is 0. The number of amides is 5. The predicted molar refractivity (Wildman–Crippen MR) is 226 cm³/mol. The van der Waals surface area contributed by atoms with Gasteiger partial charge >= 0.3 is 12.1 Å². The van der Waals surface area contributed by atoms with E-state index in [0.717, 1.165) is 27.9 Å². The lowest BCUT2D eigenvalue weighted by Gasteiger charge is -2.38. The van der Waals surface area contributed by atoms with Crippen LogP contribution in [-0.4, -0.2) is 97.9 Å². The standard InChI is InChI=1S/C46H58N6O7/c1-45(2,3)41(52-24-23-51(44(52)59)29-33-16-20-36(53)21-17-33)42(56)50-38(26-31-11-7-6-8-12-31)39(54)27-35(49-40(55)28-46(4,5)30-48-43(57)58)25-32-14-18-34(19-15-32)37-13-9-10-22-47-37/h6-22,35,38-39,41,48,53-54H,23-30H2,1-5H3,(H,49,55)(H,50,56)(H,57,58)/t35-,38-,39-,41+/m0/s1. The molecule has 5 rings (SSSR count). The number of aliphatic hydroxyl groups is 1. The molecule has 0 bridgehead atoms. The van der Waals surface area contributed by atoms with Gasteiger partial charge in [0.15, 0.2) is 0 Å². The Morgan fingerprint density at radius 1 is 0.797 bits per heavy atom. The van der Waals surface area contributed by atoms with E-state index in [0.29, 0.717) is 32.5 Å². The van der Waals surface area contributed by atoms with Crippen LogP contribution in [-0.2, 0) is 29.0 Å². The maximum atomic E-state index is 14.5. The van der Waals surface area contributed by atoms with Gasteiger partial charge < -0.3 is 41.1 Å². The second-order valence-electron chi connectivity index (χ2n) is 17.3. The Morgan fingerprint density at radius 2 is 1.44 bits per heavy atom. The van der Waals surface area contributed by atoms with Gasteiger partial charge in [-0.15, -0.1) is 0 Å². The number of carbonyl (C=O) groups excluding carboxylic acids is 3. The number of benzene rings is 3. The van der Waals surface area contributed by atoms with E-state index in [9.17, 15) is 29.4 Å². The highest BCUT2D eigenvalue weighted by Crippen LogP contribution is 2.30. The minimum atomic E-state index is -1.17. The van der Waals surface area contributed by atoms with E-state index < -0.39 is 47.1 Å². The van der Waals surface area contributed by atoms with E-state index in [1.807, 2.05) is 93.6 Å². The number of phenolic OH excluding ortho intramolecular Hbond substituents is 1. The molecule has 5 amide bonds. The number of aromatic hydroxyl groups is 1. The predicted octanol–water partition coefficient (Wildman–Crippen LogP) is 6.00. The molecule has 1 aliphatic rings. The van der Waals surface area contributed by atoms with E-state index in [2.05, 4.69) is 20.9 Å². The highest BCUT2D eigenvalue weighted by Gasteiger charge is 2.44. The number of carboxylic acid groups (broad SMARTS) is 1. The summed E-state index contributed by atoms with van der Waals surface area (Å²) in [5, 5.41) is 39.6. The Labute approximate surface area is 346 Å². The van der Waals surface area contributed by atoms with Crippen molar-refractivity contribution in [3.63, 3.8) is 0 Å². The number of nitrogens with one attached hydrogen (secondary N) is 3. The maximum Gasteiger partial charge on any atom is 0.404 e. The monoisotopic (exact) mass is 806 g/mol. The van der Waals surface area contributed by atoms with Crippen LogP contribution in [0.15, 0.2) is 103 Å². The number of phenols is 1. The van der Waals surface area contributed by atoms with Crippen molar-refractivity contribution in [2.24, 2.45) is 10.8 Å². The quantitative estimate of drug-likeness (QED) is 0.0708. The Kier molecular flexibility index (Phi) is 14.7. The molecule has 1 aromatic heterocycles. The van der Waals surface area contributed by atoms with Crippen LogP contribution in [0, 0.1) is 10.8 Å². The maximum absolute atomic E-state index is 14.5. The number of carbonyl (C=O) groups is 4. The summed E-state index contributed by atoms with van der Waals surface area (Å²) in [6.07, 6.45) is 0.212. The van der Waals surface area contributed by atoms with Gasteiger partial charge in [-0.05, 0) is 71.0 Å². The Balaban J connectivity index is 1.37. The minimum absolute atomic E-state index is 0.0313. The van der Waals surface area contributed by atoms with Crippen molar-refractivity contribution in [1.29, 1.82) is 0 Å². The van der Waals surface area contributed by atoms with Gasteiger partial charge in [0.25, 0.3) is 0 Å². The molecule has 13 heteroatoms. The fourth-order valence-electron chi connectivity index (χ4n) is 7.59. The van der Waals surface area contributed by atoms with Crippen molar-refractivity contribution < 1.29 is 34.5 Å². The van der Waals surface area contributed by atoms with Crippen LogP contribution < -0.4 is 16.0 Å². The third kappa shape index (κ3) is 13.0. The van der Waals surface area contributed by atoms with E-state index in [4.69, 9.17) is 5.11 Å². The number of urea groups is 1. The fraction of sp³-hybridized carbons (Fsp3) is 0.413. The number of rotatable bonds is 18. The lowest BCUT2D eigenvalue weighted by molar-refractivity contribution is -0.130. The van der Waals surface area contributed by atoms with Gasteiger partial charge in [0.1, 0.15) is 11.8 Å². The molecule has 0 unspecified atom stereocenters. The first-order valence-electron chi connectivity index (χ1n) is 20.1. The van der Waals surface area contributed by atoms with Crippen molar-refractivity contribution >= 4 is 23.9 Å². The number of aromatic nitrogens is 1. The van der Waals surface area contributed by atoms with Crippen molar-refractivity contribution in [1.82, 2.24) is 30.7 Å². The molecule has 0 radical (unpaired) electrons. The molecule has 0 saturated carbocycles. The molecule has 6 N–H and O–H groups in total. The van der Waals surface area contributed by atoms with E-state index in [-0.39, 0.29) is 37.1 Å². The first kappa shape index (κ1) is 44.2. The van der Waals surface area contributed by atoms with Gasteiger partial charge in [-0.25, -0.2) is 9.59 Å². The Morgan fingerprint density at radius 3 is 2.07 bits per heavy atom. The van der Waals surface area contributed by atoms with Crippen LogP contribution in [0.4, 0.5) is 9.59 Å². The largest absolute Gasteiger partial charge is 0.508 e. The zero-order chi connectivity index (χ0) is 42.7. The summed E-state index contributed by atoms with van der Waals surface area (Å²) in [6.45, 7) is 10.5. The average molecular weight is 807 g/mol. The third-order valence-electron chi connectivity index (χ3n) is 10.6. The average Bonchev–Trinajstić information content (AvgIpc) is 3.52. The third-order valence-corrected chi connectivity index (χ3v) is 10.6. The summed E-state index contributed by atoms with van der Waals surface area (Å²) < 4.78 is 0. The van der Waals surface area contributed by atoms with Gasteiger partial charge in [0, 0.05) is 50.4 Å². The second kappa shape index (κ2) is 19.7. The highest BCUT2D eigenvalue weighted by atomic mass is 16.4. The summed E-state index contributed by atoms with van der Waals surface area (Å²) in [4.78, 5) is 60.9. The molecule has 1 aliphatic heterocycles. The van der Waals surface area contributed by atoms with Gasteiger partial charge in [-0.1, -0.05) is 107 Å². The van der Waals surface area contributed by atoms with Crippen LogP contribution in [0.5, 0.6) is 5.75 Å². The zero-order valence-corrected chi connectivity index (χ0v) is 34.6. The molecular weight excluding hydrogens is 749 g/mol. The smallest absolute Gasteiger partial charge is 0.404 e. The van der Waals surface area contributed by atoms with Crippen LogP contribution in [0.3, 0.4) is 0 Å². The second-order valence-corrected chi connectivity index (χ2v) is 17.3. The SMILES string of the molecule is CC(C)(CNC(=O)O)CC(=O)N[C@@H](Cc1ccc(-c2ccccn2)cc1)C[C@H](O)[C@H](Cc1ccccc1)NC(=O)[C@@H](N1CCN(Cc2ccc(O)cc2)C1=O)C(C)(C)C. The summed E-state index contributed by atoms with van der Waals surface area (Å²) in [6, 6.07) is 27.3. The zero-order valence-electron chi connectivity index (χ0n) is 34.6. The van der Waals surface area contributed by atoms with E-state index >= 15 is 0 Å². The van der Waals surface area contributed by atoms with Gasteiger partial charge in [0.05, 0.1) is 17.8 Å². The molecule has 59 heavy (non-hydrogen) atoms. The molecule has 0 aliphatic carbocycles. The molecule has 1 saturated heterocycles. The van der Waals surface area contributed by atoms with Crippen molar-refractivity contribution in [2.75, 3.05) is 19.6 Å². The topological polar surface area (TPSA) is 184 Å². The highest BCUT2D eigenvalue weighted by molar-refractivity contribution is 5.89. The molecule has 13 nitrogen and oxygen atoms in total. The molecule has 2 heterocycles. The number of hydrogen-bond donors (Lipinski definition) is 6. The first-order chi connectivity index (χ1) is 28.0. The Hall–Kier alpha value is -5.95.